The molecule has 0 fully saturated rings. The fraction of sp³-hybridized carbons (Fsp3) is 0.455. The molecule has 1 atom stereocenters. The topological polar surface area (TPSA) is 55.5 Å². The van der Waals surface area contributed by atoms with E-state index in [0.29, 0.717) is 19.6 Å². The van der Waals surface area contributed by atoms with Gasteiger partial charge in [0, 0.05) is 13.0 Å². The maximum atomic E-state index is 9.03. The van der Waals surface area contributed by atoms with Crippen molar-refractivity contribution in [3.05, 3.63) is 29.8 Å². The molecule has 78 valence electrons. The molecule has 0 aliphatic rings. The van der Waals surface area contributed by atoms with Crippen molar-refractivity contribution in [2.75, 3.05) is 6.61 Å². The summed E-state index contributed by atoms with van der Waals surface area (Å²) in [6.45, 7) is 2.80. The Bertz CT molecular complexity index is 274. The highest BCUT2D eigenvalue weighted by molar-refractivity contribution is 5.28. The Kier molecular flexibility index (Phi) is 4.43. The lowest BCUT2D eigenvalue weighted by molar-refractivity contribution is 0.155. The first-order valence-electron chi connectivity index (χ1n) is 4.82. The van der Waals surface area contributed by atoms with Gasteiger partial charge >= 0.3 is 0 Å². The number of hydrogen-bond acceptors (Lipinski definition) is 3. The third-order valence-electron chi connectivity index (χ3n) is 1.94. The van der Waals surface area contributed by atoms with Crippen molar-refractivity contribution in [3.63, 3.8) is 0 Å². The van der Waals surface area contributed by atoms with Crippen LogP contribution in [0.3, 0.4) is 0 Å². The predicted octanol–water partition coefficient (Wildman–Crippen LogP) is 1.29. The lowest BCUT2D eigenvalue weighted by Gasteiger charge is -2.08. The van der Waals surface area contributed by atoms with Crippen LogP contribution in [0.5, 0.6) is 5.75 Å². The molecule has 0 aliphatic heterocycles. The molecule has 1 rings (SSSR count). The van der Waals surface area contributed by atoms with Gasteiger partial charge in [-0.3, -0.25) is 0 Å². The molecule has 0 amide bonds. The molecule has 0 aromatic heterocycles. The zero-order valence-electron chi connectivity index (χ0n) is 8.44. The predicted molar refractivity (Wildman–Crippen MR) is 56.1 cm³/mol. The van der Waals surface area contributed by atoms with Gasteiger partial charge in [0.15, 0.2) is 0 Å². The minimum Gasteiger partial charge on any atom is -0.493 e. The summed E-state index contributed by atoms with van der Waals surface area (Å²) in [4.78, 5) is 0. The van der Waals surface area contributed by atoms with Crippen molar-refractivity contribution in [2.45, 2.75) is 26.0 Å². The highest BCUT2D eigenvalue weighted by atomic mass is 16.5. The van der Waals surface area contributed by atoms with Crippen LogP contribution < -0.4 is 10.5 Å². The minimum absolute atomic E-state index is 0.312. The van der Waals surface area contributed by atoms with E-state index in [2.05, 4.69) is 0 Å². The van der Waals surface area contributed by atoms with Gasteiger partial charge < -0.3 is 15.6 Å². The molecular formula is C11H17NO2. The number of rotatable bonds is 5. The van der Waals surface area contributed by atoms with Crippen LogP contribution in [0.4, 0.5) is 0 Å². The first-order chi connectivity index (χ1) is 6.72. The Hall–Kier alpha value is -1.06. The third kappa shape index (κ3) is 3.77. The van der Waals surface area contributed by atoms with Crippen LogP contribution in [0.2, 0.25) is 0 Å². The Morgan fingerprint density at radius 1 is 1.50 bits per heavy atom. The zero-order valence-corrected chi connectivity index (χ0v) is 8.44. The summed E-state index contributed by atoms with van der Waals surface area (Å²) in [5, 5.41) is 9.03. The van der Waals surface area contributed by atoms with Crippen LogP contribution in [0.25, 0.3) is 0 Å². The quantitative estimate of drug-likeness (QED) is 0.744. The van der Waals surface area contributed by atoms with Crippen molar-refractivity contribution in [2.24, 2.45) is 5.73 Å². The number of nitrogens with two attached hydrogens (primary N) is 1. The molecule has 1 aromatic rings. The average molecular weight is 195 g/mol. The molecule has 0 saturated heterocycles. The number of hydrogen-bond donors (Lipinski definition) is 2. The van der Waals surface area contributed by atoms with Crippen LogP contribution in [-0.2, 0) is 6.54 Å². The largest absolute Gasteiger partial charge is 0.493 e. The van der Waals surface area contributed by atoms with Crippen molar-refractivity contribution in [3.8, 4) is 5.75 Å². The summed E-state index contributed by atoms with van der Waals surface area (Å²) >= 11 is 0. The molecular weight excluding hydrogens is 178 g/mol. The number of ether oxygens (including phenoxy) is 1. The second-order valence-corrected chi connectivity index (χ2v) is 3.34. The molecule has 14 heavy (non-hydrogen) atoms. The van der Waals surface area contributed by atoms with E-state index in [1.807, 2.05) is 24.3 Å². The zero-order chi connectivity index (χ0) is 10.4. The van der Waals surface area contributed by atoms with Crippen molar-refractivity contribution in [1.82, 2.24) is 0 Å². The molecule has 3 N–H and O–H groups in total. The molecule has 1 aromatic carbocycles. The van der Waals surface area contributed by atoms with Crippen molar-refractivity contribution in [1.29, 1.82) is 0 Å². The molecule has 0 spiro atoms. The fourth-order valence-electron chi connectivity index (χ4n) is 1.11. The smallest absolute Gasteiger partial charge is 0.119 e. The third-order valence-corrected chi connectivity index (χ3v) is 1.94. The molecule has 0 aliphatic carbocycles. The molecule has 1 unspecified atom stereocenters. The van der Waals surface area contributed by atoms with E-state index in [0.717, 1.165) is 11.3 Å². The van der Waals surface area contributed by atoms with E-state index in [1.54, 1.807) is 6.92 Å². The van der Waals surface area contributed by atoms with Gasteiger partial charge in [0.2, 0.25) is 0 Å². The number of benzene rings is 1. The SMILES string of the molecule is CC(O)CCOc1cccc(CN)c1. The number of aliphatic hydroxyl groups is 1. The van der Waals surface area contributed by atoms with Crippen molar-refractivity contribution < 1.29 is 9.84 Å². The molecule has 3 heteroatoms. The Morgan fingerprint density at radius 2 is 2.29 bits per heavy atom. The Morgan fingerprint density at radius 3 is 2.93 bits per heavy atom. The van der Waals surface area contributed by atoms with Gasteiger partial charge in [-0.25, -0.2) is 0 Å². The second kappa shape index (κ2) is 5.62. The van der Waals surface area contributed by atoms with Crippen LogP contribution in [0, 0.1) is 0 Å². The Balaban J connectivity index is 2.42. The summed E-state index contributed by atoms with van der Waals surface area (Å²) < 4.78 is 5.44. The standard InChI is InChI=1S/C11H17NO2/c1-9(13)5-6-14-11-4-2-3-10(7-11)8-12/h2-4,7,9,13H,5-6,8,12H2,1H3. The van der Waals surface area contributed by atoms with Gasteiger partial charge in [-0.1, -0.05) is 12.1 Å². The Labute approximate surface area is 84.5 Å². The van der Waals surface area contributed by atoms with Crippen molar-refractivity contribution >= 4 is 0 Å². The van der Waals surface area contributed by atoms with Gasteiger partial charge in [0.25, 0.3) is 0 Å². The molecule has 0 radical (unpaired) electrons. The lowest BCUT2D eigenvalue weighted by Crippen LogP contribution is -2.07. The highest BCUT2D eigenvalue weighted by Gasteiger charge is 1.98. The van der Waals surface area contributed by atoms with Gasteiger partial charge in [-0.05, 0) is 24.6 Å². The van der Waals surface area contributed by atoms with Gasteiger partial charge in [0.05, 0.1) is 12.7 Å². The average Bonchev–Trinajstić information content (AvgIpc) is 2.18. The molecule has 0 bridgehead atoms. The molecule has 0 heterocycles. The van der Waals surface area contributed by atoms with Crippen LogP contribution >= 0.6 is 0 Å². The first kappa shape index (κ1) is 11.0. The molecule has 3 nitrogen and oxygen atoms in total. The van der Waals surface area contributed by atoms with E-state index in [-0.39, 0.29) is 6.10 Å². The van der Waals surface area contributed by atoms with E-state index in [9.17, 15) is 0 Å². The van der Waals surface area contributed by atoms with Gasteiger partial charge in [0.1, 0.15) is 5.75 Å². The van der Waals surface area contributed by atoms with E-state index >= 15 is 0 Å². The maximum Gasteiger partial charge on any atom is 0.119 e. The molecule has 0 saturated carbocycles. The fourth-order valence-corrected chi connectivity index (χ4v) is 1.11. The van der Waals surface area contributed by atoms with E-state index in [1.165, 1.54) is 0 Å². The van der Waals surface area contributed by atoms with E-state index < -0.39 is 0 Å². The van der Waals surface area contributed by atoms with Gasteiger partial charge in [-0.2, -0.15) is 0 Å². The minimum atomic E-state index is -0.312. The summed E-state index contributed by atoms with van der Waals surface area (Å²) in [5.41, 5.74) is 6.56. The van der Waals surface area contributed by atoms with Gasteiger partial charge in [-0.15, -0.1) is 0 Å². The number of aliphatic hydroxyl groups excluding tert-OH is 1. The normalized spacial score (nSPS) is 12.5. The monoisotopic (exact) mass is 195 g/mol. The lowest BCUT2D eigenvalue weighted by atomic mass is 10.2. The first-order valence-corrected chi connectivity index (χ1v) is 4.82. The van der Waals surface area contributed by atoms with Crippen LogP contribution in [-0.4, -0.2) is 17.8 Å². The van der Waals surface area contributed by atoms with E-state index in [4.69, 9.17) is 15.6 Å². The maximum absolute atomic E-state index is 9.03. The summed E-state index contributed by atoms with van der Waals surface area (Å²) in [7, 11) is 0. The summed E-state index contributed by atoms with van der Waals surface area (Å²) in [6, 6.07) is 7.69. The summed E-state index contributed by atoms with van der Waals surface area (Å²) in [5.74, 6) is 0.814. The summed E-state index contributed by atoms with van der Waals surface area (Å²) in [6.07, 6.45) is 0.333. The van der Waals surface area contributed by atoms with Crippen LogP contribution in [0.1, 0.15) is 18.9 Å². The van der Waals surface area contributed by atoms with Crippen LogP contribution in [0.15, 0.2) is 24.3 Å². The second-order valence-electron chi connectivity index (χ2n) is 3.34. The highest BCUT2D eigenvalue weighted by Crippen LogP contribution is 2.13.